The molecule has 0 radical (unpaired) electrons. The predicted octanol–water partition coefficient (Wildman–Crippen LogP) is 3.56. The molecule has 112 valence electrons. The van der Waals surface area contributed by atoms with Crippen LogP contribution >= 0.6 is 11.3 Å². The third-order valence-electron chi connectivity index (χ3n) is 3.44. The third kappa shape index (κ3) is 3.36. The van der Waals surface area contributed by atoms with Gasteiger partial charge in [0.15, 0.2) is 5.13 Å². The molecule has 0 fully saturated rings. The smallest absolute Gasteiger partial charge is 0.190 e. The van der Waals surface area contributed by atoms with Gasteiger partial charge in [-0.15, -0.1) is 11.3 Å². The van der Waals surface area contributed by atoms with Gasteiger partial charge in [-0.25, -0.2) is 4.98 Å². The lowest BCUT2D eigenvalue weighted by Gasteiger charge is -2.20. The molecule has 0 bridgehead atoms. The largest absolute Gasteiger partial charge is 0.491 e. The van der Waals surface area contributed by atoms with Crippen molar-refractivity contribution in [2.24, 2.45) is 0 Å². The van der Waals surface area contributed by atoms with Crippen LogP contribution in [-0.2, 0) is 6.54 Å². The predicted molar refractivity (Wildman–Crippen MR) is 87.7 cm³/mol. The summed E-state index contributed by atoms with van der Waals surface area (Å²) in [6.07, 6.45) is 2.16. The summed E-state index contributed by atoms with van der Waals surface area (Å²) in [5.74, 6) is 0.954. The standard InChI is InChI=1S/C16H21N3OS/c1-2-8-17-11-13-12-21-16(18-13)19-9-5-10-20-15-7-4-3-6-14(15)19/h3-4,6-7,12,17H,2,5,8-11H2,1H3. The van der Waals surface area contributed by atoms with Crippen molar-refractivity contribution < 1.29 is 4.74 Å². The molecular weight excluding hydrogens is 282 g/mol. The van der Waals surface area contributed by atoms with E-state index in [1.807, 2.05) is 12.1 Å². The Morgan fingerprint density at radius 2 is 2.29 bits per heavy atom. The highest BCUT2D eigenvalue weighted by atomic mass is 32.1. The lowest BCUT2D eigenvalue weighted by Crippen LogP contribution is -2.18. The number of rotatable bonds is 5. The van der Waals surface area contributed by atoms with Crippen LogP contribution in [0.1, 0.15) is 25.5 Å². The molecule has 21 heavy (non-hydrogen) atoms. The number of ether oxygens (including phenoxy) is 1. The fourth-order valence-electron chi connectivity index (χ4n) is 2.42. The van der Waals surface area contributed by atoms with Crippen molar-refractivity contribution in [2.45, 2.75) is 26.3 Å². The van der Waals surface area contributed by atoms with Crippen LogP contribution in [0.4, 0.5) is 10.8 Å². The van der Waals surface area contributed by atoms with Gasteiger partial charge in [-0.1, -0.05) is 19.1 Å². The number of hydrogen-bond donors (Lipinski definition) is 1. The van der Waals surface area contributed by atoms with Crippen LogP contribution in [-0.4, -0.2) is 24.7 Å². The van der Waals surface area contributed by atoms with Crippen molar-refractivity contribution in [2.75, 3.05) is 24.6 Å². The van der Waals surface area contributed by atoms with Gasteiger partial charge in [-0.3, -0.25) is 0 Å². The van der Waals surface area contributed by atoms with Gasteiger partial charge in [0.2, 0.25) is 0 Å². The van der Waals surface area contributed by atoms with Crippen LogP contribution in [0.2, 0.25) is 0 Å². The highest BCUT2D eigenvalue weighted by molar-refractivity contribution is 7.13. The monoisotopic (exact) mass is 303 g/mol. The number of fused-ring (bicyclic) bond motifs is 1. The molecule has 2 aromatic rings. The maximum atomic E-state index is 5.81. The fourth-order valence-corrected chi connectivity index (χ4v) is 3.29. The number of para-hydroxylation sites is 2. The Kier molecular flexibility index (Phi) is 4.72. The first-order chi connectivity index (χ1) is 10.4. The van der Waals surface area contributed by atoms with Gasteiger partial charge in [-0.05, 0) is 31.5 Å². The average Bonchev–Trinajstić information content (AvgIpc) is 2.87. The summed E-state index contributed by atoms with van der Waals surface area (Å²) in [5.41, 5.74) is 2.24. The number of benzene rings is 1. The minimum Gasteiger partial charge on any atom is -0.491 e. The number of hydrogen-bond acceptors (Lipinski definition) is 5. The van der Waals surface area contributed by atoms with Crippen molar-refractivity contribution in [3.05, 3.63) is 35.3 Å². The van der Waals surface area contributed by atoms with Crippen molar-refractivity contribution >= 4 is 22.2 Å². The Labute approximate surface area is 129 Å². The quantitative estimate of drug-likeness (QED) is 0.857. The highest BCUT2D eigenvalue weighted by Crippen LogP contribution is 2.36. The molecule has 0 atom stereocenters. The maximum absolute atomic E-state index is 5.81. The minimum absolute atomic E-state index is 0.768. The van der Waals surface area contributed by atoms with Gasteiger partial charge >= 0.3 is 0 Å². The van der Waals surface area contributed by atoms with Crippen molar-refractivity contribution in [3.8, 4) is 5.75 Å². The molecule has 1 aromatic carbocycles. The number of thiazole rings is 1. The highest BCUT2D eigenvalue weighted by Gasteiger charge is 2.19. The van der Waals surface area contributed by atoms with Crippen molar-refractivity contribution in [1.82, 2.24) is 10.3 Å². The SMILES string of the molecule is CCCNCc1csc(N2CCCOc3ccccc32)n1. The maximum Gasteiger partial charge on any atom is 0.190 e. The second kappa shape index (κ2) is 6.91. The average molecular weight is 303 g/mol. The molecule has 1 aliphatic heterocycles. The van der Waals surface area contributed by atoms with Crippen LogP contribution in [0.25, 0.3) is 0 Å². The fraction of sp³-hybridized carbons (Fsp3) is 0.438. The Morgan fingerprint density at radius 3 is 3.19 bits per heavy atom. The number of aromatic nitrogens is 1. The summed E-state index contributed by atoms with van der Waals surface area (Å²) < 4.78 is 5.81. The molecule has 1 aliphatic rings. The van der Waals surface area contributed by atoms with E-state index < -0.39 is 0 Å². The van der Waals surface area contributed by atoms with Gasteiger partial charge in [0.25, 0.3) is 0 Å². The van der Waals surface area contributed by atoms with E-state index in [1.54, 1.807) is 11.3 Å². The zero-order valence-corrected chi connectivity index (χ0v) is 13.2. The first-order valence-electron chi connectivity index (χ1n) is 7.53. The van der Waals surface area contributed by atoms with Crippen LogP contribution in [0.3, 0.4) is 0 Å². The van der Waals surface area contributed by atoms with E-state index in [4.69, 9.17) is 9.72 Å². The van der Waals surface area contributed by atoms with E-state index in [0.717, 1.165) is 61.3 Å². The molecule has 0 amide bonds. The number of anilines is 2. The second-order valence-electron chi connectivity index (χ2n) is 5.12. The summed E-state index contributed by atoms with van der Waals surface area (Å²) in [7, 11) is 0. The van der Waals surface area contributed by atoms with E-state index in [0.29, 0.717) is 0 Å². The lowest BCUT2D eigenvalue weighted by molar-refractivity contribution is 0.322. The zero-order chi connectivity index (χ0) is 14.5. The van der Waals surface area contributed by atoms with E-state index in [1.165, 1.54) is 0 Å². The molecule has 4 nitrogen and oxygen atoms in total. The topological polar surface area (TPSA) is 37.4 Å². The van der Waals surface area contributed by atoms with Crippen LogP contribution in [0.15, 0.2) is 29.6 Å². The normalized spacial score (nSPS) is 14.4. The van der Waals surface area contributed by atoms with Crippen molar-refractivity contribution in [1.29, 1.82) is 0 Å². The number of nitrogens with one attached hydrogen (secondary N) is 1. The molecule has 0 saturated carbocycles. The van der Waals surface area contributed by atoms with Gasteiger partial charge in [0.1, 0.15) is 5.75 Å². The Morgan fingerprint density at radius 1 is 1.38 bits per heavy atom. The first-order valence-corrected chi connectivity index (χ1v) is 8.41. The Hall–Kier alpha value is -1.59. The molecule has 3 rings (SSSR count). The summed E-state index contributed by atoms with van der Waals surface area (Å²) in [5, 5.41) is 6.60. The Bertz CT molecular complexity index is 584. The second-order valence-corrected chi connectivity index (χ2v) is 5.96. The molecule has 2 heterocycles. The minimum atomic E-state index is 0.768. The summed E-state index contributed by atoms with van der Waals surface area (Å²) in [4.78, 5) is 7.05. The van der Waals surface area contributed by atoms with Gasteiger partial charge in [-0.2, -0.15) is 0 Å². The van der Waals surface area contributed by atoms with E-state index in [-0.39, 0.29) is 0 Å². The molecule has 0 saturated heterocycles. The summed E-state index contributed by atoms with van der Waals surface area (Å²) in [6, 6.07) is 8.21. The summed E-state index contributed by atoms with van der Waals surface area (Å²) in [6.45, 7) is 5.77. The van der Waals surface area contributed by atoms with E-state index >= 15 is 0 Å². The lowest BCUT2D eigenvalue weighted by atomic mass is 10.2. The molecule has 5 heteroatoms. The molecule has 1 aromatic heterocycles. The summed E-state index contributed by atoms with van der Waals surface area (Å²) >= 11 is 1.71. The van der Waals surface area contributed by atoms with E-state index in [2.05, 4.69) is 34.7 Å². The van der Waals surface area contributed by atoms with Gasteiger partial charge < -0.3 is 15.0 Å². The molecule has 0 unspecified atom stereocenters. The third-order valence-corrected chi connectivity index (χ3v) is 4.36. The van der Waals surface area contributed by atoms with Crippen LogP contribution in [0, 0.1) is 0 Å². The van der Waals surface area contributed by atoms with E-state index in [9.17, 15) is 0 Å². The molecule has 1 N–H and O–H groups in total. The van der Waals surface area contributed by atoms with Crippen LogP contribution in [0.5, 0.6) is 5.75 Å². The zero-order valence-electron chi connectivity index (χ0n) is 12.3. The first kappa shape index (κ1) is 14.4. The molecule has 0 spiro atoms. The van der Waals surface area contributed by atoms with Crippen LogP contribution < -0.4 is 15.0 Å². The van der Waals surface area contributed by atoms with Gasteiger partial charge in [0.05, 0.1) is 18.0 Å². The Balaban J connectivity index is 1.80. The van der Waals surface area contributed by atoms with Crippen molar-refractivity contribution in [3.63, 3.8) is 0 Å². The van der Waals surface area contributed by atoms with Gasteiger partial charge in [0, 0.05) is 18.5 Å². The molecule has 0 aliphatic carbocycles. The molecular formula is C16H21N3OS. The number of nitrogens with zero attached hydrogens (tertiary/aromatic N) is 2.